The van der Waals surface area contributed by atoms with E-state index in [1.807, 2.05) is 0 Å². The first-order valence-corrected chi connectivity index (χ1v) is 12.4. The third-order valence-electron chi connectivity index (χ3n) is 4.35. The molecule has 0 saturated carbocycles. The molecule has 0 radical (unpaired) electrons. The standard InChI is InChI=1S/C18H26Cl2Si/c1-3-5-7-15-9-11-17(13-15)21(19,20)18-12-10-16(14-18)8-6-4-2/h9-14,17-18H,3-8H2,1-2H3. The fourth-order valence-corrected chi connectivity index (χ4v) is 6.59. The molecule has 0 bridgehead atoms. The van der Waals surface area contributed by atoms with Crippen LogP contribution in [0.25, 0.3) is 0 Å². The highest BCUT2D eigenvalue weighted by Crippen LogP contribution is 2.48. The topological polar surface area (TPSA) is 0 Å². The minimum atomic E-state index is -2.38. The van der Waals surface area contributed by atoms with Gasteiger partial charge in [-0.15, -0.1) is 22.2 Å². The van der Waals surface area contributed by atoms with Crippen LogP contribution < -0.4 is 0 Å². The Morgan fingerprint density at radius 2 is 1.29 bits per heavy atom. The summed E-state index contributed by atoms with van der Waals surface area (Å²) >= 11 is 13.7. The van der Waals surface area contributed by atoms with Crippen molar-refractivity contribution in [1.29, 1.82) is 0 Å². The molecule has 116 valence electrons. The van der Waals surface area contributed by atoms with E-state index in [1.165, 1.54) is 36.8 Å². The fourth-order valence-electron chi connectivity index (χ4n) is 2.93. The van der Waals surface area contributed by atoms with Crippen molar-refractivity contribution in [1.82, 2.24) is 0 Å². The van der Waals surface area contributed by atoms with E-state index in [0.29, 0.717) is 0 Å². The molecule has 0 aliphatic heterocycles. The highest BCUT2D eigenvalue weighted by atomic mass is 35.7. The van der Waals surface area contributed by atoms with Crippen LogP contribution in [0.3, 0.4) is 0 Å². The Labute approximate surface area is 140 Å². The zero-order chi connectivity index (χ0) is 15.3. The molecule has 0 saturated heterocycles. The summed E-state index contributed by atoms with van der Waals surface area (Å²) in [5.41, 5.74) is 3.34. The first kappa shape index (κ1) is 17.1. The molecular weight excluding hydrogens is 315 g/mol. The van der Waals surface area contributed by atoms with Crippen molar-refractivity contribution in [2.24, 2.45) is 0 Å². The van der Waals surface area contributed by atoms with Crippen LogP contribution in [0, 0.1) is 0 Å². The highest BCUT2D eigenvalue weighted by Gasteiger charge is 2.44. The predicted molar refractivity (Wildman–Crippen MR) is 98.5 cm³/mol. The first-order chi connectivity index (χ1) is 10.1. The van der Waals surface area contributed by atoms with Crippen LogP contribution in [0.15, 0.2) is 47.6 Å². The molecule has 0 amide bonds. The molecule has 2 rings (SSSR count). The molecule has 3 heteroatoms. The van der Waals surface area contributed by atoms with Gasteiger partial charge in [0, 0.05) is 11.1 Å². The van der Waals surface area contributed by atoms with Crippen LogP contribution in [-0.4, -0.2) is 6.69 Å². The van der Waals surface area contributed by atoms with Crippen LogP contribution >= 0.6 is 22.2 Å². The van der Waals surface area contributed by atoms with Crippen LogP contribution in [0.2, 0.25) is 11.1 Å². The minimum absolute atomic E-state index is 0.254. The Bertz CT molecular complexity index is 430. The second-order valence-electron chi connectivity index (χ2n) is 6.13. The van der Waals surface area contributed by atoms with E-state index in [0.717, 1.165) is 12.8 Å². The second kappa shape index (κ2) is 7.85. The largest absolute Gasteiger partial charge is 0.271 e. The van der Waals surface area contributed by atoms with Crippen molar-refractivity contribution >= 4 is 28.9 Å². The third kappa shape index (κ3) is 4.37. The van der Waals surface area contributed by atoms with Gasteiger partial charge in [0.15, 0.2) is 0 Å². The zero-order valence-corrected chi connectivity index (χ0v) is 15.6. The second-order valence-corrected chi connectivity index (χ2v) is 13.1. The lowest BCUT2D eigenvalue weighted by molar-refractivity contribution is 0.798. The van der Waals surface area contributed by atoms with Gasteiger partial charge in [-0.2, -0.15) is 0 Å². The van der Waals surface area contributed by atoms with Crippen LogP contribution in [0.1, 0.15) is 52.4 Å². The molecule has 2 aliphatic carbocycles. The fraction of sp³-hybridized carbons (Fsp3) is 0.556. The molecule has 21 heavy (non-hydrogen) atoms. The minimum Gasteiger partial charge on any atom is -0.144 e. The molecule has 0 fully saturated rings. The van der Waals surface area contributed by atoms with Crippen molar-refractivity contribution in [3.63, 3.8) is 0 Å². The van der Waals surface area contributed by atoms with E-state index in [9.17, 15) is 0 Å². The first-order valence-electron chi connectivity index (χ1n) is 8.23. The van der Waals surface area contributed by atoms with Crippen molar-refractivity contribution in [2.75, 3.05) is 0 Å². The Balaban J connectivity index is 2.00. The maximum Gasteiger partial charge on any atom is 0.271 e. The normalized spacial score (nSPS) is 24.6. The number of allylic oxidation sites excluding steroid dienone is 8. The molecule has 0 heterocycles. The molecule has 0 aromatic heterocycles. The lowest BCUT2D eigenvalue weighted by atomic mass is 10.1. The molecule has 0 nitrogen and oxygen atoms in total. The van der Waals surface area contributed by atoms with Gasteiger partial charge >= 0.3 is 0 Å². The lowest BCUT2D eigenvalue weighted by Crippen LogP contribution is -2.28. The number of hydrogen-bond donors (Lipinski definition) is 0. The average molecular weight is 341 g/mol. The predicted octanol–water partition coefficient (Wildman–Crippen LogP) is 7.02. The molecule has 0 N–H and O–H groups in total. The van der Waals surface area contributed by atoms with Gasteiger partial charge < -0.3 is 0 Å². The van der Waals surface area contributed by atoms with E-state index in [1.54, 1.807) is 0 Å². The number of rotatable bonds is 8. The van der Waals surface area contributed by atoms with E-state index in [4.69, 9.17) is 22.2 Å². The smallest absolute Gasteiger partial charge is 0.144 e. The number of hydrogen-bond acceptors (Lipinski definition) is 0. The van der Waals surface area contributed by atoms with E-state index in [-0.39, 0.29) is 11.1 Å². The van der Waals surface area contributed by atoms with Crippen molar-refractivity contribution in [2.45, 2.75) is 63.5 Å². The molecule has 2 unspecified atom stereocenters. The number of halogens is 2. The maximum absolute atomic E-state index is 6.86. The van der Waals surface area contributed by atoms with E-state index >= 15 is 0 Å². The highest BCUT2D eigenvalue weighted by molar-refractivity contribution is 7.47. The molecule has 0 aromatic carbocycles. The van der Waals surface area contributed by atoms with Crippen LogP contribution in [0.4, 0.5) is 0 Å². The van der Waals surface area contributed by atoms with Crippen molar-refractivity contribution in [3.05, 3.63) is 47.6 Å². The maximum atomic E-state index is 6.86. The molecular formula is C18H26Cl2Si. The summed E-state index contributed by atoms with van der Waals surface area (Å²) in [6.07, 6.45) is 20.8. The Morgan fingerprint density at radius 3 is 1.67 bits per heavy atom. The monoisotopic (exact) mass is 340 g/mol. The van der Waals surface area contributed by atoms with Gasteiger partial charge in [-0.1, -0.05) is 74.3 Å². The van der Waals surface area contributed by atoms with Crippen molar-refractivity contribution in [3.8, 4) is 0 Å². The van der Waals surface area contributed by atoms with Gasteiger partial charge in [0.05, 0.1) is 0 Å². The van der Waals surface area contributed by atoms with Gasteiger partial charge in [-0.3, -0.25) is 0 Å². The molecule has 2 aliphatic rings. The van der Waals surface area contributed by atoms with E-state index < -0.39 is 6.69 Å². The third-order valence-corrected chi connectivity index (χ3v) is 9.87. The summed E-state index contributed by atoms with van der Waals surface area (Å²) in [5, 5.41) is 0. The average Bonchev–Trinajstić information content (AvgIpc) is 3.12. The van der Waals surface area contributed by atoms with Gasteiger partial charge in [-0.25, -0.2) is 0 Å². The summed E-state index contributed by atoms with van der Waals surface area (Å²) < 4.78 is 0. The van der Waals surface area contributed by atoms with E-state index in [2.05, 4.69) is 50.3 Å². The summed E-state index contributed by atoms with van der Waals surface area (Å²) in [6.45, 7) is 2.07. The van der Waals surface area contributed by atoms with Gasteiger partial charge in [0.2, 0.25) is 0 Å². The lowest BCUT2D eigenvalue weighted by Gasteiger charge is -2.25. The molecule has 2 atom stereocenters. The van der Waals surface area contributed by atoms with Gasteiger partial charge in [-0.05, 0) is 25.7 Å². The summed E-state index contributed by atoms with van der Waals surface area (Å²) in [4.78, 5) is 0. The van der Waals surface area contributed by atoms with Gasteiger partial charge in [0.1, 0.15) is 0 Å². The molecule has 0 spiro atoms. The Kier molecular flexibility index (Phi) is 6.40. The summed E-state index contributed by atoms with van der Waals surface area (Å²) in [6, 6.07) is 0. The Morgan fingerprint density at radius 1 is 0.857 bits per heavy atom. The summed E-state index contributed by atoms with van der Waals surface area (Å²) in [5.74, 6) is 0. The number of unbranched alkanes of at least 4 members (excludes halogenated alkanes) is 2. The SMILES string of the molecule is CCCCC1=CC([Si](Cl)(Cl)C2C=CC(CCCC)=C2)C=C1. The Hall–Kier alpha value is -0.243. The molecule has 0 aromatic rings. The van der Waals surface area contributed by atoms with Crippen LogP contribution in [0.5, 0.6) is 0 Å². The summed E-state index contributed by atoms with van der Waals surface area (Å²) in [7, 11) is 0. The van der Waals surface area contributed by atoms with Crippen LogP contribution in [-0.2, 0) is 0 Å². The van der Waals surface area contributed by atoms with Crippen molar-refractivity contribution < 1.29 is 0 Å². The zero-order valence-electron chi connectivity index (χ0n) is 13.1. The van der Waals surface area contributed by atoms with Gasteiger partial charge in [0.25, 0.3) is 6.69 Å². The quantitative estimate of drug-likeness (QED) is 0.329.